The van der Waals surface area contributed by atoms with Gasteiger partial charge >= 0.3 is 0 Å². The number of nitrogen functional groups attached to an aromatic ring is 1. The van der Waals surface area contributed by atoms with Crippen LogP contribution < -0.4 is 5.73 Å². The van der Waals surface area contributed by atoms with Gasteiger partial charge in [-0.1, -0.05) is 13.8 Å². The summed E-state index contributed by atoms with van der Waals surface area (Å²) in [4.78, 5) is 8.63. The lowest BCUT2D eigenvalue weighted by atomic mass is 10.4. The van der Waals surface area contributed by atoms with Crippen molar-refractivity contribution < 1.29 is 0 Å². The molecule has 0 unspecified atom stereocenters. The fraction of sp³-hybridized carbons (Fsp3) is 0.556. The lowest BCUT2D eigenvalue weighted by molar-refractivity contribution is 0.984. The molecule has 0 aliphatic heterocycles. The number of anilines is 1. The van der Waals surface area contributed by atoms with Crippen molar-refractivity contribution in [3.05, 3.63) is 15.1 Å². The summed E-state index contributed by atoms with van der Waals surface area (Å²) in [5.74, 6) is 2.26. The molecule has 78 valence electrons. The standard InChI is InChI=1S/C9H14IN3S/c1-5(2)14-4-7-12-6(3)8(10)9(11)13-7/h5H,4H2,1-3H3,(H2,11,12,13). The molecular formula is C9H14IN3S. The van der Waals surface area contributed by atoms with E-state index in [-0.39, 0.29) is 0 Å². The highest BCUT2D eigenvalue weighted by Gasteiger charge is 2.06. The van der Waals surface area contributed by atoms with Crippen molar-refractivity contribution in [3.8, 4) is 0 Å². The minimum Gasteiger partial charge on any atom is -0.383 e. The zero-order valence-electron chi connectivity index (χ0n) is 8.54. The van der Waals surface area contributed by atoms with Crippen molar-refractivity contribution in [3.63, 3.8) is 0 Å². The predicted molar refractivity (Wildman–Crippen MR) is 70.3 cm³/mol. The van der Waals surface area contributed by atoms with E-state index in [4.69, 9.17) is 5.73 Å². The van der Waals surface area contributed by atoms with E-state index in [1.807, 2.05) is 18.7 Å². The van der Waals surface area contributed by atoms with E-state index < -0.39 is 0 Å². The molecule has 1 rings (SSSR count). The third kappa shape index (κ3) is 3.27. The van der Waals surface area contributed by atoms with Gasteiger partial charge in [0.1, 0.15) is 11.6 Å². The number of halogens is 1. The number of nitrogens with two attached hydrogens (primary N) is 1. The van der Waals surface area contributed by atoms with Gasteiger partial charge in [-0.2, -0.15) is 11.8 Å². The number of hydrogen-bond acceptors (Lipinski definition) is 4. The van der Waals surface area contributed by atoms with Crippen LogP contribution in [-0.4, -0.2) is 15.2 Å². The fourth-order valence-electron chi connectivity index (χ4n) is 0.947. The highest BCUT2D eigenvalue weighted by Crippen LogP contribution is 2.19. The summed E-state index contributed by atoms with van der Waals surface area (Å²) in [5.41, 5.74) is 6.73. The van der Waals surface area contributed by atoms with Gasteiger partial charge in [0, 0.05) is 0 Å². The molecule has 0 atom stereocenters. The minimum absolute atomic E-state index is 0.595. The van der Waals surface area contributed by atoms with Crippen LogP contribution in [0, 0.1) is 10.5 Å². The molecule has 0 spiro atoms. The molecule has 14 heavy (non-hydrogen) atoms. The molecule has 5 heteroatoms. The van der Waals surface area contributed by atoms with Gasteiger partial charge in [0.15, 0.2) is 0 Å². The Bertz CT molecular complexity index is 305. The molecule has 3 nitrogen and oxygen atoms in total. The third-order valence-electron chi connectivity index (χ3n) is 1.63. The van der Waals surface area contributed by atoms with Crippen molar-refractivity contribution in [1.29, 1.82) is 0 Å². The Kier molecular flexibility index (Phi) is 4.43. The second-order valence-electron chi connectivity index (χ2n) is 3.28. The summed E-state index contributed by atoms with van der Waals surface area (Å²) in [5, 5.41) is 0.597. The van der Waals surface area contributed by atoms with Crippen LogP contribution in [0.3, 0.4) is 0 Å². The zero-order valence-corrected chi connectivity index (χ0v) is 11.5. The molecule has 1 aromatic rings. The molecule has 0 aliphatic rings. The van der Waals surface area contributed by atoms with Crippen LogP contribution >= 0.6 is 34.4 Å². The normalized spacial score (nSPS) is 10.9. The van der Waals surface area contributed by atoms with Crippen molar-refractivity contribution in [2.24, 2.45) is 0 Å². The number of thioether (sulfide) groups is 1. The molecular weight excluding hydrogens is 309 g/mol. The number of rotatable bonds is 3. The number of aryl methyl sites for hydroxylation is 1. The van der Waals surface area contributed by atoms with Crippen LogP contribution in [0.2, 0.25) is 0 Å². The summed E-state index contributed by atoms with van der Waals surface area (Å²) in [7, 11) is 0. The summed E-state index contributed by atoms with van der Waals surface area (Å²) < 4.78 is 0.959. The largest absolute Gasteiger partial charge is 0.383 e. The molecule has 0 saturated carbocycles. The van der Waals surface area contributed by atoms with Crippen molar-refractivity contribution in [2.45, 2.75) is 31.8 Å². The summed E-state index contributed by atoms with van der Waals surface area (Å²) in [6.45, 7) is 6.28. The molecule has 0 aliphatic carbocycles. The molecule has 1 aromatic heterocycles. The first-order chi connectivity index (χ1) is 6.50. The SMILES string of the molecule is Cc1nc(CSC(C)C)nc(N)c1I. The molecule has 1 heterocycles. The van der Waals surface area contributed by atoms with Crippen LogP contribution in [0.15, 0.2) is 0 Å². The molecule has 0 saturated heterocycles. The van der Waals surface area contributed by atoms with E-state index in [9.17, 15) is 0 Å². The number of aromatic nitrogens is 2. The highest BCUT2D eigenvalue weighted by molar-refractivity contribution is 14.1. The van der Waals surface area contributed by atoms with Crippen LogP contribution in [-0.2, 0) is 5.75 Å². The Morgan fingerprint density at radius 2 is 2.07 bits per heavy atom. The Balaban J connectivity index is 2.79. The Hall–Kier alpha value is -0.0400. The monoisotopic (exact) mass is 323 g/mol. The van der Waals surface area contributed by atoms with E-state index >= 15 is 0 Å². The first kappa shape index (κ1) is 12.0. The Labute approximate surface area is 102 Å². The lowest BCUT2D eigenvalue weighted by Crippen LogP contribution is -2.04. The van der Waals surface area contributed by atoms with E-state index in [0.717, 1.165) is 20.8 Å². The molecule has 0 fully saturated rings. The molecule has 0 aromatic carbocycles. The Morgan fingerprint density at radius 3 is 2.57 bits per heavy atom. The second-order valence-corrected chi connectivity index (χ2v) is 5.93. The van der Waals surface area contributed by atoms with E-state index in [0.29, 0.717) is 11.1 Å². The smallest absolute Gasteiger partial charge is 0.140 e. The quantitative estimate of drug-likeness (QED) is 0.869. The summed E-state index contributed by atoms with van der Waals surface area (Å²) in [6.07, 6.45) is 0. The maximum Gasteiger partial charge on any atom is 0.140 e. The van der Waals surface area contributed by atoms with E-state index in [1.54, 1.807) is 0 Å². The lowest BCUT2D eigenvalue weighted by Gasteiger charge is -2.07. The number of nitrogens with zero attached hydrogens (tertiary/aromatic N) is 2. The fourth-order valence-corrected chi connectivity index (χ4v) is 1.80. The van der Waals surface area contributed by atoms with Crippen LogP contribution in [0.1, 0.15) is 25.4 Å². The maximum absolute atomic E-state index is 5.76. The van der Waals surface area contributed by atoms with Gasteiger partial charge in [-0.25, -0.2) is 9.97 Å². The highest BCUT2D eigenvalue weighted by atomic mass is 127. The molecule has 0 radical (unpaired) electrons. The molecule has 0 amide bonds. The summed E-state index contributed by atoms with van der Waals surface area (Å²) in [6, 6.07) is 0. The van der Waals surface area contributed by atoms with E-state index in [2.05, 4.69) is 46.4 Å². The third-order valence-corrected chi connectivity index (χ3v) is 4.06. The van der Waals surface area contributed by atoms with Gasteiger partial charge < -0.3 is 5.73 Å². The van der Waals surface area contributed by atoms with Crippen LogP contribution in [0.4, 0.5) is 5.82 Å². The summed E-state index contributed by atoms with van der Waals surface area (Å²) >= 11 is 4.00. The first-order valence-corrected chi connectivity index (χ1v) is 6.53. The van der Waals surface area contributed by atoms with Gasteiger partial charge in [0.25, 0.3) is 0 Å². The predicted octanol–water partition coefficient (Wildman–Crippen LogP) is 2.61. The minimum atomic E-state index is 0.595. The molecule has 0 bridgehead atoms. The van der Waals surface area contributed by atoms with Gasteiger partial charge in [-0.3, -0.25) is 0 Å². The van der Waals surface area contributed by atoms with Crippen LogP contribution in [0.5, 0.6) is 0 Å². The average molecular weight is 323 g/mol. The first-order valence-electron chi connectivity index (χ1n) is 4.40. The average Bonchev–Trinajstić information content (AvgIpc) is 2.10. The maximum atomic E-state index is 5.76. The second kappa shape index (κ2) is 5.16. The molecule has 2 N–H and O–H groups in total. The topological polar surface area (TPSA) is 51.8 Å². The van der Waals surface area contributed by atoms with Gasteiger partial charge in [-0.05, 0) is 34.8 Å². The Morgan fingerprint density at radius 1 is 1.43 bits per heavy atom. The van der Waals surface area contributed by atoms with Crippen molar-refractivity contribution >= 4 is 40.2 Å². The van der Waals surface area contributed by atoms with E-state index in [1.165, 1.54) is 0 Å². The van der Waals surface area contributed by atoms with Gasteiger partial charge in [0.05, 0.1) is 15.0 Å². The van der Waals surface area contributed by atoms with Crippen molar-refractivity contribution in [1.82, 2.24) is 9.97 Å². The van der Waals surface area contributed by atoms with Crippen molar-refractivity contribution in [2.75, 3.05) is 5.73 Å². The number of hydrogen-bond donors (Lipinski definition) is 1. The zero-order chi connectivity index (χ0) is 10.7. The van der Waals surface area contributed by atoms with Gasteiger partial charge in [0.2, 0.25) is 0 Å². The van der Waals surface area contributed by atoms with Gasteiger partial charge in [-0.15, -0.1) is 0 Å². The van der Waals surface area contributed by atoms with Crippen LogP contribution in [0.25, 0.3) is 0 Å².